The predicted octanol–water partition coefficient (Wildman–Crippen LogP) is 2.04. The zero-order valence-corrected chi connectivity index (χ0v) is 9.58. The molecular formula is C12H19NO2. The van der Waals surface area contributed by atoms with Gasteiger partial charge in [0.25, 0.3) is 0 Å². The highest BCUT2D eigenvalue weighted by Gasteiger charge is 2.04. The van der Waals surface area contributed by atoms with Crippen molar-refractivity contribution < 1.29 is 9.84 Å². The van der Waals surface area contributed by atoms with Gasteiger partial charge in [-0.05, 0) is 44.0 Å². The number of nitrogens with two attached hydrogens (primary N) is 1. The molecule has 0 bridgehead atoms. The average molecular weight is 209 g/mol. The summed E-state index contributed by atoms with van der Waals surface area (Å²) in [5.74, 6) is 0.849. The molecule has 0 spiro atoms. The van der Waals surface area contributed by atoms with E-state index in [1.807, 2.05) is 26.0 Å². The number of ether oxygens (including phenoxy) is 1. The van der Waals surface area contributed by atoms with Gasteiger partial charge in [-0.3, -0.25) is 0 Å². The van der Waals surface area contributed by atoms with Crippen LogP contribution in [0.25, 0.3) is 0 Å². The third-order valence-corrected chi connectivity index (χ3v) is 2.36. The molecule has 0 saturated carbocycles. The third-order valence-electron chi connectivity index (χ3n) is 2.36. The van der Waals surface area contributed by atoms with Gasteiger partial charge in [0.15, 0.2) is 0 Å². The second-order valence-corrected chi connectivity index (χ2v) is 3.96. The normalized spacial score (nSPS) is 12.5. The summed E-state index contributed by atoms with van der Waals surface area (Å²) in [7, 11) is 0. The van der Waals surface area contributed by atoms with Crippen LogP contribution in [0.2, 0.25) is 0 Å². The first-order valence-corrected chi connectivity index (χ1v) is 5.18. The summed E-state index contributed by atoms with van der Waals surface area (Å²) in [6, 6.07) is 3.85. The van der Waals surface area contributed by atoms with Crippen LogP contribution in [-0.2, 0) is 0 Å². The standard InChI is InChI=1S/C12H19NO2/c1-8-7-12(9(2)6-11(8)13)15-5-4-10(3)14/h6-7,10,14H,4-5,13H2,1-3H3. The number of rotatable bonds is 4. The molecule has 3 heteroatoms. The molecule has 0 aromatic heterocycles. The van der Waals surface area contributed by atoms with E-state index in [9.17, 15) is 0 Å². The summed E-state index contributed by atoms with van der Waals surface area (Å²) < 4.78 is 5.57. The van der Waals surface area contributed by atoms with E-state index in [-0.39, 0.29) is 6.10 Å². The molecule has 0 amide bonds. The molecule has 3 nitrogen and oxygen atoms in total. The highest BCUT2D eigenvalue weighted by atomic mass is 16.5. The SMILES string of the molecule is Cc1cc(OCCC(C)O)c(C)cc1N. The minimum atomic E-state index is -0.319. The molecular weight excluding hydrogens is 190 g/mol. The van der Waals surface area contributed by atoms with Gasteiger partial charge in [0, 0.05) is 12.1 Å². The van der Waals surface area contributed by atoms with E-state index in [1.165, 1.54) is 0 Å². The van der Waals surface area contributed by atoms with E-state index >= 15 is 0 Å². The summed E-state index contributed by atoms with van der Waals surface area (Å²) in [6.45, 7) is 6.20. The summed E-state index contributed by atoms with van der Waals surface area (Å²) in [6.07, 6.45) is 0.322. The molecule has 0 saturated heterocycles. The van der Waals surface area contributed by atoms with Gasteiger partial charge in [-0.25, -0.2) is 0 Å². The lowest BCUT2D eigenvalue weighted by Crippen LogP contribution is -2.08. The maximum absolute atomic E-state index is 9.10. The Morgan fingerprint density at radius 2 is 2.00 bits per heavy atom. The van der Waals surface area contributed by atoms with Crippen molar-refractivity contribution in [1.82, 2.24) is 0 Å². The number of anilines is 1. The molecule has 0 heterocycles. The summed E-state index contributed by atoms with van der Waals surface area (Å²) >= 11 is 0. The Bertz CT molecular complexity index is 335. The Morgan fingerprint density at radius 1 is 1.33 bits per heavy atom. The van der Waals surface area contributed by atoms with Gasteiger partial charge in [-0.1, -0.05) is 0 Å². The monoisotopic (exact) mass is 209 g/mol. The molecule has 1 unspecified atom stereocenters. The van der Waals surface area contributed by atoms with Crippen molar-refractivity contribution in [3.63, 3.8) is 0 Å². The molecule has 0 aliphatic heterocycles. The smallest absolute Gasteiger partial charge is 0.122 e. The van der Waals surface area contributed by atoms with E-state index in [4.69, 9.17) is 15.6 Å². The maximum atomic E-state index is 9.10. The Labute approximate surface area is 90.9 Å². The van der Waals surface area contributed by atoms with Gasteiger partial charge in [0.1, 0.15) is 5.75 Å². The summed E-state index contributed by atoms with van der Waals surface area (Å²) in [4.78, 5) is 0. The van der Waals surface area contributed by atoms with Crippen molar-refractivity contribution in [1.29, 1.82) is 0 Å². The minimum absolute atomic E-state index is 0.319. The van der Waals surface area contributed by atoms with E-state index in [1.54, 1.807) is 6.92 Å². The molecule has 1 aromatic carbocycles. The molecule has 84 valence electrons. The van der Waals surface area contributed by atoms with Crippen LogP contribution in [0.3, 0.4) is 0 Å². The van der Waals surface area contributed by atoms with Crippen molar-refractivity contribution in [2.24, 2.45) is 0 Å². The highest BCUT2D eigenvalue weighted by molar-refractivity contribution is 5.53. The molecule has 0 aliphatic carbocycles. The zero-order valence-electron chi connectivity index (χ0n) is 9.58. The number of benzene rings is 1. The van der Waals surface area contributed by atoms with Crippen molar-refractivity contribution in [3.8, 4) is 5.75 Å². The largest absolute Gasteiger partial charge is 0.493 e. The number of hydrogen-bond acceptors (Lipinski definition) is 3. The Morgan fingerprint density at radius 3 is 2.60 bits per heavy atom. The van der Waals surface area contributed by atoms with Crippen LogP contribution >= 0.6 is 0 Å². The van der Waals surface area contributed by atoms with Crippen LogP contribution in [0, 0.1) is 13.8 Å². The van der Waals surface area contributed by atoms with Crippen LogP contribution in [0.5, 0.6) is 5.75 Å². The van der Waals surface area contributed by atoms with Gasteiger partial charge >= 0.3 is 0 Å². The first-order valence-electron chi connectivity index (χ1n) is 5.18. The first-order chi connectivity index (χ1) is 7.00. The molecule has 3 N–H and O–H groups in total. The van der Waals surface area contributed by atoms with E-state index in [0.29, 0.717) is 13.0 Å². The van der Waals surface area contributed by atoms with Crippen molar-refractivity contribution in [3.05, 3.63) is 23.3 Å². The van der Waals surface area contributed by atoms with Crippen LogP contribution in [0.4, 0.5) is 5.69 Å². The van der Waals surface area contributed by atoms with Gasteiger partial charge in [-0.2, -0.15) is 0 Å². The fourth-order valence-electron chi connectivity index (χ4n) is 1.31. The Hall–Kier alpha value is -1.22. The second kappa shape index (κ2) is 5.03. The Balaban J connectivity index is 2.65. The first kappa shape index (κ1) is 11.9. The lowest BCUT2D eigenvalue weighted by molar-refractivity contribution is 0.155. The van der Waals surface area contributed by atoms with Gasteiger partial charge in [0.2, 0.25) is 0 Å². The van der Waals surface area contributed by atoms with Crippen LogP contribution < -0.4 is 10.5 Å². The van der Waals surface area contributed by atoms with E-state index in [2.05, 4.69) is 0 Å². The van der Waals surface area contributed by atoms with Crippen molar-refractivity contribution in [2.75, 3.05) is 12.3 Å². The van der Waals surface area contributed by atoms with Gasteiger partial charge in [-0.15, -0.1) is 0 Å². The van der Waals surface area contributed by atoms with Gasteiger partial charge in [0.05, 0.1) is 12.7 Å². The number of aliphatic hydroxyl groups is 1. The number of aryl methyl sites for hydroxylation is 2. The highest BCUT2D eigenvalue weighted by Crippen LogP contribution is 2.24. The fourth-order valence-corrected chi connectivity index (χ4v) is 1.31. The third kappa shape index (κ3) is 3.44. The minimum Gasteiger partial charge on any atom is -0.493 e. The van der Waals surface area contributed by atoms with Crippen LogP contribution in [0.15, 0.2) is 12.1 Å². The second-order valence-electron chi connectivity index (χ2n) is 3.96. The summed E-state index contributed by atoms with van der Waals surface area (Å²) in [5.41, 5.74) is 8.61. The number of aliphatic hydroxyl groups excluding tert-OH is 1. The van der Waals surface area contributed by atoms with E-state index in [0.717, 1.165) is 22.6 Å². The fraction of sp³-hybridized carbons (Fsp3) is 0.500. The molecule has 0 aliphatic rings. The molecule has 15 heavy (non-hydrogen) atoms. The molecule has 1 aromatic rings. The summed E-state index contributed by atoms with van der Waals surface area (Å²) in [5, 5.41) is 9.10. The lowest BCUT2D eigenvalue weighted by Gasteiger charge is -2.12. The maximum Gasteiger partial charge on any atom is 0.122 e. The quantitative estimate of drug-likeness (QED) is 0.746. The van der Waals surface area contributed by atoms with Crippen LogP contribution in [0.1, 0.15) is 24.5 Å². The van der Waals surface area contributed by atoms with Gasteiger partial charge < -0.3 is 15.6 Å². The lowest BCUT2D eigenvalue weighted by atomic mass is 10.1. The average Bonchev–Trinajstić information content (AvgIpc) is 2.13. The predicted molar refractivity (Wildman–Crippen MR) is 62.1 cm³/mol. The number of nitrogen functional groups attached to an aromatic ring is 1. The molecule has 1 rings (SSSR count). The molecule has 1 atom stereocenters. The molecule has 0 radical (unpaired) electrons. The Kier molecular flexibility index (Phi) is 3.97. The molecule has 0 fully saturated rings. The topological polar surface area (TPSA) is 55.5 Å². The zero-order chi connectivity index (χ0) is 11.4. The van der Waals surface area contributed by atoms with E-state index < -0.39 is 0 Å². The van der Waals surface area contributed by atoms with Crippen molar-refractivity contribution in [2.45, 2.75) is 33.3 Å². The number of hydrogen-bond donors (Lipinski definition) is 2. The van der Waals surface area contributed by atoms with Crippen molar-refractivity contribution >= 4 is 5.69 Å². The van der Waals surface area contributed by atoms with Crippen LogP contribution in [-0.4, -0.2) is 17.8 Å².